The molecule has 2 aliphatic rings. The van der Waals surface area contributed by atoms with E-state index in [1.807, 2.05) is 0 Å². The highest BCUT2D eigenvalue weighted by atomic mass is 16.6. The highest BCUT2D eigenvalue weighted by Gasteiger charge is 2.21. The number of fused-ring (bicyclic) bond motifs is 2. The number of hydrogen-bond acceptors (Lipinski definition) is 6. The van der Waals surface area contributed by atoms with Crippen molar-refractivity contribution in [2.45, 2.75) is 92.6 Å². The van der Waals surface area contributed by atoms with E-state index in [-0.39, 0.29) is 6.10 Å². The predicted octanol–water partition coefficient (Wildman–Crippen LogP) is 5.87. The minimum absolute atomic E-state index is 0.0197. The van der Waals surface area contributed by atoms with Crippen LogP contribution in [0.1, 0.15) is 79.9 Å². The highest BCUT2D eigenvalue weighted by Crippen LogP contribution is 2.28. The van der Waals surface area contributed by atoms with Crippen LogP contribution >= 0.6 is 0 Å². The van der Waals surface area contributed by atoms with Gasteiger partial charge in [0.05, 0.1) is 35.0 Å². The first-order chi connectivity index (χ1) is 16.8. The smallest absolute Gasteiger partial charge is 0.142 e. The maximum Gasteiger partial charge on any atom is 0.142 e. The van der Waals surface area contributed by atoms with Gasteiger partial charge in [-0.05, 0) is 103 Å². The monoisotopic (exact) mass is 477 g/mol. The molecule has 4 heterocycles. The largest absolute Gasteiger partial charge is 0.391 e. The zero-order valence-corrected chi connectivity index (χ0v) is 22.7. The molecule has 6 nitrogen and oxygen atoms in total. The molecule has 0 amide bonds. The second kappa shape index (κ2) is 11.4. The molecule has 0 fully saturated rings. The maximum atomic E-state index is 5.98. The van der Waals surface area contributed by atoms with E-state index in [0.717, 1.165) is 62.5 Å². The summed E-state index contributed by atoms with van der Waals surface area (Å²) in [6, 6.07) is 4.63. The van der Waals surface area contributed by atoms with Gasteiger partial charge in [-0.15, -0.1) is 0 Å². The van der Waals surface area contributed by atoms with E-state index in [1.54, 1.807) is 0 Å². The zero-order valence-electron chi connectivity index (χ0n) is 22.7. The van der Waals surface area contributed by atoms with Crippen LogP contribution in [0.2, 0.25) is 0 Å². The van der Waals surface area contributed by atoms with Gasteiger partial charge in [-0.2, -0.15) is 0 Å². The molecule has 0 aromatic carbocycles. The minimum atomic E-state index is 0.0197. The summed E-state index contributed by atoms with van der Waals surface area (Å²) in [5.74, 6) is 0. The molecule has 4 rings (SSSR count). The SMILES string of the molecule is CC(CCN1CCCCc2nc(C)c(C)cc21)=NO[C@@H](C)CN1CCCCc2nc(C)c(C)cc21. The lowest BCUT2D eigenvalue weighted by molar-refractivity contribution is 0.0764. The zero-order chi connectivity index (χ0) is 24.9. The second-order valence-electron chi connectivity index (χ2n) is 10.6. The molecular weight excluding hydrogens is 434 g/mol. The van der Waals surface area contributed by atoms with Crippen LogP contribution in [0, 0.1) is 27.7 Å². The van der Waals surface area contributed by atoms with Crippen molar-refractivity contribution >= 4 is 17.1 Å². The number of aryl methyl sites for hydroxylation is 6. The third kappa shape index (κ3) is 6.33. The van der Waals surface area contributed by atoms with Gasteiger partial charge >= 0.3 is 0 Å². The number of pyridine rings is 2. The van der Waals surface area contributed by atoms with Crippen LogP contribution in [0.5, 0.6) is 0 Å². The third-order valence-corrected chi connectivity index (χ3v) is 7.52. The normalized spacial score (nSPS) is 17.4. The minimum Gasteiger partial charge on any atom is -0.391 e. The molecule has 0 saturated heterocycles. The van der Waals surface area contributed by atoms with Crippen LogP contribution in [-0.2, 0) is 17.7 Å². The van der Waals surface area contributed by atoms with Gasteiger partial charge in [0, 0.05) is 37.4 Å². The Bertz CT molecular complexity index is 1060. The Kier molecular flexibility index (Phi) is 8.30. The molecule has 0 N–H and O–H groups in total. The summed E-state index contributed by atoms with van der Waals surface area (Å²) in [4.78, 5) is 20.7. The summed E-state index contributed by atoms with van der Waals surface area (Å²) < 4.78 is 0. The van der Waals surface area contributed by atoms with Crippen molar-refractivity contribution in [3.05, 3.63) is 46.0 Å². The van der Waals surface area contributed by atoms with Crippen LogP contribution in [0.15, 0.2) is 17.3 Å². The average molecular weight is 478 g/mol. The Morgan fingerprint density at radius 3 is 2.03 bits per heavy atom. The van der Waals surface area contributed by atoms with Gasteiger partial charge in [-0.1, -0.05) is 5.16 Å². The van der Waals surface area contributed by atoms with Crippen LogP contribution in [0.3, 0.4) is 0 Å². The predicted molar refractivity (Wildman–Crippen MR) is 146 cm³/mol. The molecule has 2 aliphatic heterocycles. The van der Waals surface area contributed by atoms with E-state index in [1.165, 1.54) is 59.6 Å². The highest BCUT2D eigenvalue weighted by molar-refractivity contribution is 5.82. The molecule has 2 aromatic rings. The van der Waals surface area contributed by atoms with Crippen molar-refractivity contribution in [1.82, 2.24) is 9.97 Å². The molecule has 2 aromatic heterocycles. The molecule has 1 atom stereocenters. The molecule has 6 heteroatoms. The first-order valence-electron chi connectivity index (χ1n) is 13.4. The number of hydrogen-bond donors (Lipinski definition) is 0. The first-order valence-corrected chi connectivity index (χ1v) is 13.4. The van der Waals surface area contributed by atoms with Crippen molar-refractivity contribution in [2.75, 3.05) is 36.0 Å². The van der Waals surface area contributed by atoms with E-state index in [9.17, 15) is 0 Å². The Labute approximate surface area is 211 Å². The van der Waals surface area contributed by atoms with Gasteiger partial charge < -0.3 is 14.6 Å². The number of oxime groups is 1. The molecule has 0 bridgehead atoms. The summed E-state index contributed by atoms with van der Waals surface area (Å²) >= 11 is 0. The fourth-order valence-electron chi connectivity index (χ4n) is 5.12. The van der Waals surface area contributed by atoms with Crippen LogP contribution < -0.4 is 9.80 Å². The van der Waals surface area contributed by atoms with Gasteiger partial charge in [-0.3, -0.25) is 9.97 Å². The molecule has 0 unspecified atom stereocenters. The third-order valence-electron chi connectivity index (χ3n) is 7.52. The Balaban J connectivity index is 1.35. The summed E-state index contributed by atoms with van der Waals surface area (Å²) in [5, 5.41) is 4.53. The van der Waals surface area contributed by atoms with E-state index >= 15 is 0 Å². The fraction of sp³-hybridized carbons (Fsp3) is 0.621. The van der Waals surface area contributed by atoms with E-state index < -0.39 is 0 Å². The van der Waals surface area contributed by atoms with Crippen LogP contribution in [-0.4, -0.2) is 48.0 Å². The van der Waals surface area contributed by atoms with Crippen molar-refractivity contribution < 1.29 is 4.84 Å². The van der Waals surface area contributed by atoms with Gasteiger partial charge in [0.15, 0.2) is 0 Å². The van der Waals surface area contributed by atoms with Gasteiger partial charge in [0.25, 0.3) is 0 Å². The van der Waals surface area contributed by atoms with Crippen molar-refractivity contribution in [3.63, 3.8) is 0 Å². The summed E-state index contributed by atoms with van der Waals surface area (Å²) in [6.45, 7) is 16.7. The van der Waals surface area contributed by atoms with E-state index in [2.05, 4.69) is 68.6 Å². The fourth-order valence-corrected chi connectivity index (χ4v) is 5.12. The quantitative estimate of drug-likeness (QED) is 0.369. The molecule has 0 aliphatic carbocycles. The lowest BCUT2D eigenvalue weighted by Crippen LogP contribution is -2.33. The van der Waals surface area contributed by atoms with Crippen molar-refractivity contribution in [3.8, 4) is 0 Å². The van der Waals surface area contributed by atoms with Gasteiger partial charge in [-0.25, -0.2) is 0 Å². The average Bonchev–Trinajstić information content (AvgIpc) is 3.13. The lowest BCUT2D eigenvalue weighted by Gasteiger charge is -2.27. The van der Waals surface area contributed by atoms with E-state index in [0.29, 0.717) is 0 Å². The molecule has 0 saturated carbocycles. The van der Waals surface area contributed by atoms with Gasteiger partial charge in [0.2, 0.25) is 0 Å². The summed E-state index contributed by atoms with van der Waals surface area (Å²) in [5.41, 5.74) is 10.9. The maximum absolute atomic E-state index is 5.98. The molecule has 0 spiro atoms. The lowest BCUT2D eigenvalue weighted by atomic mass is 10.1. The molecule has 190 valence electrons. The topological polar surface area (TPSA) is 53.9 Å². The summed E-state index contributed by atoms with van der Waals surface area (Å²) in [7, 11) is 0. The first kappa shape index (κ1) is 25.5. The number of rotatable bonds is 7. The Morgan fingerprint density at radius 1 is 0.886 bits per heavy atom. The number of aromatic nitrogens is 2. The number of anilines is 2. The van der Waals surface area contributed by atoms with Crippen molar-refractivity contribution in [1.29, 1.82) is 0 Å². The molecule has 35 heavy (non-hydrogen) atoms. The van der Waals surface area contributed by atoms with Crippen LogP contribution in [0.4, 0.5) is 11.4 Å². The van der Waals surface area contributed by atoms with E-state index in [4.69, 9.17) is 14.8 Å². The van der Waals surface area contributed by atoms with Gasteiger partial charge in [0.1, 0.15) is 6.10 Å². The standard InChI is InChI=1S/C29H43N5O/c1-20-17-28-26(30-24(20)5)11-7-9-14-33(28)16-13-22(3)32-35-23(4)19-34-15-10-8-12-27-29(34)18-21(2)25(6)31-27/h17-18,23H,7-16,19H2,1-6H3/t23-/m0/s1. The second-order valence-corrected chi connectivity index (χ2v) is 10.6. The number of nitrogens with zero attached hydrogens (tertiary/aromatic N) is 5. The van der Waals surface area contributed by atoms with Crippen molar-refractivity contribution in [2.24, 2.45) is 5.16 Å². The summed E-state index contributed by atoms with van der Waals surface area (Å²) in [6.07, 6.45) is 7.86. The molecule has 0 radical (unpaired) electrons. The van der Waals surface area contributed by atoms with Crippen LogP contribution in [0.25, 0.3) is 0 Å². The molecular formula is C29H43N5O. The Hall–Kier alpha value is -2.63. The Morgan fingerprint density at radius 2 is 1.43 bits per heavy atom.